The molecule has 0 amide bonds. The van der Waals surface area contributed by atoms with Crippen LogP contribution in [0.4, 0.5) is 0 Å². The Balaban J connectivity index is 3.30. The van der Waals surface area contributed by atoms with Gasteiger partial charge >= 0.3 is 0 Å². The summed E-state index contributed by atoms with van der Waals surface area (Å²) in [6.45, 7) is 4.96. The van der Waals surface area contributed by atoms with Gasteiger partial charge in [0.05, 0.1) is 12.2 Å². The largest absolute Gasteiger partial charge is 0.391 e. The van der Waals surface area contributed by atoms with Crippen molar-refractivity contribution in [3.63, 3.8) is 0 Å². The second-order valence-electron chi connectivity index (χ2n) is 1.83. The summed E-state index contributed by atoms with van der Waals surface area (Å²) < 4.78 is 0. The molecule has 0 unspecified atom stereocenters. The third-order valence-electron chi connectivity index (χ3n) is 0.965. The van der Waals surface area contributed by atoms with Crippen molar-refractivity contribution in [2.45, 2.75) is 25.6 Å². The van der Waals surface area contributed by atoms with Crippen LogP contribution in [-0.2, 0) is 0 Å². The summed E-state index contributed by atoms with van der Waals surface area (Å²) in [5.41, 5.74) is 0. The number of rotatable bonds is 3. The molecule has 0 fully saturated rings. The summed E-state index contributed by atoms with van der Waals surface area (Å²) in [6, 6.07) is 0. The molecule has 0 aromatic carbocycles. The van der Waals surface area contributed by atoms with E-state index in [-0.39, 0.29) is 0 Å². The molecule has 0 rings (SSSR count). The molecule has 0 aliphatic rings. The predicted molar refractivity (Wildman–Crippen MR) is 32.5 cm³/mol. The Bertz CT molecular complexity index is 68.9. The molecular formula is C6H12O2. The van der Waals surface area contributed by atoms with E-state index in [4.69, 9.17) is 10.2 Å². The fraction of sp³-hybridized carbons (Fsp3) is 0.667. The van der Waals surface area contributed by atoms with E-state index in [1.165, 1.54) is 0 Å². The topological polar surface area (TPSA) is 40.5 Å². The lowest BCUT2D eigenvalue weighted by molar-refractivity contribution is 0.0337. The molecule has 8 heavy (non-hydrogen) atoms. The smallest absolute Gasteiger partial charge is 0.0830 e. The lowest BCUT2D eigenvalue weighted by atomic mass is 10.2. The molecule has 2 heteroatoms. The van der Waals surface area contributed by atoms with Gasteiger partial charge in [-0.2, -0.15) is 0 Å². The maximum atomic E-state index is 8.81. The first-order valence-corrected chi connectivity index (χ1v) is 2.65. The standard InChI is InChI=1S/C6H12O2/c1-3-4-6(8)5(2)7/h3,5-8H,1,4H2,2H3/t5-,6+/m0/s1. The molecule has 0 saturated heterocycles. The highest BCUT2D eigenvalue weighted by Gasteiger charge is 2.06. The fourth-order valence-electron chi connectivity index (χ4n) is 0.368. The van der Waals surface area contributed by atoms with Crippen molar-refractivity contribution in [3.8, 4) is 0 Å². The van der Waals surface area contributed by atoms with Crippen LogP contribution in [0.25, 0.3) is 0 Å². The van der Waals surface area contributed by atoms with Gasteiger partial charge < -0.3 is 10.2 Å². The maximum Gasteiger partial charge on any atom is 0.0830 e. The molecular weight excluding hydrogens is 104 g/mol. The van der Waals surface area contributed by atoms with Crippen molar-refractivity contribution in [2.75, 3.05) is 0 Å². The Hall–Kier alpha value is -0.340. The number of aliphatic hydroxyl groups excluding tert-OH is 2. The number of hydrogen-bond acceptors (Lipinski definition) is 2. The van der Waals surface area contributed by atoms with Crippen molar-refractivity contribution < 1.29 is 10.2 Å². The van der Waals surface area contributed by atoms with Crippen LogP contribution < -0.4 is 0 Å². The molecule has 2 atom stereocenters. The first-order valence-electron chi connectivity index (χ1n) is 2.65. The molecule has 2 nitrogen and oxygen atoms in total. The Morgan fingerprint density at radius 1 is 1.62 bits per heavy atom. The van der Waals surface area contributed by atoms with E-state index < -0.39 is 12.2 Å². The minimum Gasteiger partial charge on any atom is -0.391 e. The maximum absolute atomic E-state index is 8.81. The first-order chi connectivity index (χ1) is 3.68. The van der Waals surface area contributed by atoms with E-state index in [1.807, 2.05) is 0 Å². The highest BCUT2D eigenvalue weighted by molar-refractivity contribution is 4.74. The number of aliphatic hydroxyl groups is 2. The fourth-order valence-corrected chi connectivity index (χ4v) is 0.368. The van der Waals surface area contributed by atoms with Crippen LogP contribution in [0.1, 0.15) is 13.3 Å². The summed E-state index contributed by atoms with van der Waals surface area (Å²) >= 11 is 0. The molecule has 0 aliphatic carbocycles. The van der Waals surface area contributed by atoms with Gasteiger partial charge in [-0.1, -0.05) is 6.08 Å². The average molecular weight is 116 g/mol. The SMILES string of the molecule is C=CC[C@@H](O)[C@H](C)O. The molecule has 0 aromatic rings. The predicted octanol–water partition coefficient (Wildman–Crippen LogP) is 0.304. The van der Waals surface area contributed by atoms with E-state index in [0.29, 0.717) is 6.42 Å². The van der Waals surface area contributed by atoms with E-state index in [2.05, 4.69) is 6.58 Å². The number of hydrogen-bond donors (Lipinski definition) is 2. The van der Waals surface area contributed by atoms with Crippen LogP contribution in [0.2, 0.25) is 0 Å². The molecule has 0 aliphatic heterocycles. The first kappa shape index (κ1) is 7.66. The van der Waals surface area contributed by atoms with Gasteiger partial charge in [-0.05, 0) is 13.3 Å². The van der Waals surface area contributed by atoms with E-state index >= 15 is 0 Å². The summed E-state index contributed by atoms with van der Waals surface area (Å²) in [6.07, 6.45) is 0.746. The molecule has 0 radical (unpaired) electrons. The minimum atomic E-state index is -0.646. The summed E-state index contributed by atoms with van der Waals surface area (Å²) in [5.74, 6) is 0. The lowest BCUT2D eigenvalue weighted by Crippen LogP contribution is -2.21. The highest BCUT2D eigenvalue weighted by atomic mass is 16.3. The van der Waals surface area contributed by atoms with Crippen molar-refractivity contribution in [1.82, 2.24) is 0 Å². The third kappa shape index (κ3) is 2.77. The lowest BCUT2D eigenvalue weighted by Gasteiger charge is -2.09. The summed E-state index contributed by atoms with van der Waals surface area (Å²) in [7, 11) is 0. The van der Waals surface area contributed by atoms with E-state index in [9.17, 15) is 0 Å². The molecule has 0 bridgehead atoms. The molecule has 48 valence electrons. The van der Waals surface area contributed by atoms with Crippen molar-refractivity contribution in [2.24, 2.45) is 0 Å². The van der Waals surface area contributed by atoms with Crippen molar-refractivity contribution >= 4 is 0 Å². The molecule has 0 aromatic heterocycles. The summed E-state index contributed by atoms with van der Waals surface area (Å²) in [4.78, 5) is 0. The average Bonchev–Trinajstić information content (AvgIpc) is 1.67. The van der Waals surface area contributed by atoms with Gasteiger partial charge in [-0.15, -0.1) is 6.58 Å². The zero-order valence-corrected chi connectivity index (χ0v) is 5.04. The van der Waals surface area contributed by atoms with Gasteiger partial charge in [0.15, 0.2) is 0 Å². The zero-order chi connectivity index (χ0) is 6.57. The molecule has 0 spiro atoms. The highest BCUT2D eigenvalue weighted by Crippen LogP contribution is 1.96. The molecule has 2 N–H and O–H groups in total. The molecule has 0 heterocycles. The van der Waals surface area contributed by atoms with Gasteiger partial charge in [0.2, 0.25) is 0 Å². The van der Waals surface area contributed by atoms with Gasteiger partial charge in [-0.3, -0.25) is 0 Å². The Morgan fingerprint density at radius 2 is 2.12 bits per heavy atom. The van der Waals surface area contributed by atoms with Crippen LogP contribution in [0.15, 0.2) is 12.7 Å². The monoisotopic (exact) mass is 116 g/mol. The van der Waals surface area contributed by atoms with Crippen molar-refractivity contribution in [3.05, 3.63) is 12.7 Å². The quantitative estimate of drug-likeness (QED) is 0.521. The second-order valence-corrected chi connectivity index (χ2v) is 1.83. The van der Waals surface area contributed by atoms with Crippen LogP contribution in [0.3, 0.4) is 0 Å². The van der Waals surface area contributed by atoms with Crippen LogP contribution in [-0.4, -0.2) is 22.4 Å². The Morgan fingerprint density at radius 3 is 2.25 bits per heavy atom. The normalized spacial score (nSPS) is 17.4. The Kier molecular flexibility index (Phi) is 3.48. The van der Waals surface area contributed by atoms with E-state index in [1.54, 1.807) is 13.0 Å². The second kappa shape index (κ2) is 3.64. The van der Waals surface area contributed by atoms with Gasteiger partial charge in [0.25, 0.3) is 0 Å². The van der Waals surface area contributed by atoms with Gasteiger partial charge in [-0.25, -0.2) is 0 Å². The summed E-state index contributed by atoms with van der Waals surface area (Å²) in [5, 5.41) is 17.5. The van der Waals surface area contributed by atoms with Crippen LogP contribution >= 0.6 is 0 Å². The zero-order valence-electron chi connectivity index (χ0n) is 5.04. The minimum absolute atomic E-state index is 0.456. The van der Waals surface area contributed by atoms with Gasteiger partial charge in [0, 0.05) is 0 Å². The Labute approximate surface area is 49.5 Å². The molecule has 0 saturated carbocycles. The van der Waals surface area contributed by atoms with Crippen molar-refractivity contribution in [1.29, 1.82) is 0 Å². The van der Waals surface area contributed by atoms with Gasteiger partial charge in [0.1, 0.15) is 0 Å². The van der Waals surface area contributed by atoms with Crippen LogP contribution in [0.5, 0.6) is 0 Å². The third-order valence-corrected chi connectivity index (χ3v) is 0.965. The van der Waals surface area contributed by atoms with E-state index in [0.717, 1.165) is 0 Å². The van der Waals surface area contributed by atoms with Crippen LogP contribution in [0, 0.1) is 0 Å².